The van der Waals surface area contributed by atoms with Crippen LogP contribution < -0.4 is 14.4 Å². The lowest BCUT2D eigenvalue weighted by Crippen LogP contribution is -2.43. The summed E-state index contributed by atoms with van der Waals surface area (Å²) in [6.07, 6.45) is 15.9. The summed E-state index contributed by atoms with van der Waals surface area (Å²) < 4.78 is 35.8. The van der Waals surface area contributed by atoms with Crippen LogP contribution in [0.3, 0.4) is 0 Å². The van der Waals surface area contributed by atoms with E-state index in [1.807, 2.05) is 25.1 Å². The zero-order chi connectivity index (χ0) is 35.5. The van der Waals surface area contributed by atoms with Gasteiger partial charge in [-0.15, -0.1) is 4.36 Å². The molecule has 2 aliphatic heterocycles. The van der Waals surface area contributed by atoms with E-state index in [2.05, 4.69) is 43.4 Å². The summed E-state index contributed by atoms with van der Waals surface area (Å²) in [5, 5.41) is 5.09. The van der Waals surface area contributed by atoms with Crippen LogP contribution in [0.4, 0.5) is 5.69 Å². The lowest BCUT2D eigenvalue weighted by molar-refractivity contribution is 0.0133. The molecule has 4 aliphatic rings. The van der Waals surface area contributed by atoms with Crippen molar-refractivity contribution in [2.75, 3.05) is 30.9 Å². The molecule has 1 N–H and O–H groups in total. The first kappa shape index (κ1) is 35.7. The minimum atomic E-state index is -3.53. The van der Waals surface area contributed by atoms with Crippen LogP contribution in [0.2, 0.25) is 5.02 Å². The first-order valence-electron chi connectivity index (χ1n) is 18.3. The number of benzene rings is 2. The first-order valence-corrected chi connectivity index (χ1v) is 20.4. The highest BCUT2D eigenvalue weighted by Gasteiger charge is 2.38. The second kappa shape index (κ2) is 15.5. The highest BCUT2D eigenvalue weighted by atomic mass is 35.5. The second-order valence-corrected chi connectivity index (χ2v) is 17.1. The maximum atomic E-state index is 14.6. The summed E-state index contributed by atoms with van der Waals surface area (Å²) >= 11 is 6.47. The van der Waals surface area contributed by atoms with Gasteiger partial charge in [-0.25, -0.2) is 4.21 Å². The van der Waals surface area contributed by atoms with E-state index in [1.165, 1.54) is 17.3 Å². The number of carbonyl (C=O) groups is 2. The Labute approximate surface area is 306 Å². The number of hydrogen-bond acceptors (Lipinski definition) is 7. The van der Waals surface area contributed by atoms with Crippen molar-refractivity contribution in [2.45, 2.75) is 83.4 Å². The molecular weight excluding hydrogens is 686 g/mol. The molecule has 2 saturated carbocycles. The normalized spacial score (nSPS) is 28.0. The maximum absolute atomic E-state index is 14.6. The third-order valence-corrected chi connectivity index (χ3v) is 13.2. The largest absolute Gasteiger partial charge is 0.491 e. The minimum Gasteiger partial charge on any atom is -0.491 e. The van der Waals surface area contributed by atoms with Crippen LogP contribution in [-0.2, 0) is 27.6 Å². The van der Waals surface area contributed by atoms with Gasteiger partial charge in [0.2, 0.25) is 0 Å². The fraction of sp³-hybridized carbons (Fsp3) is 0.513. The Morgan fingerprint density at radius 1 is 1.08 bits per heavy atom. The minimum absolute atomic E-state index is 0.00874. The van der Waals surface area contributed by atoms with Gasteiger partial charge in [0.15, 0.2) is 0 Å². The Morgan fingerprint density at radius 3 is 2.71 bits per heavy atom. The van der Waals surface area contributed by atoms with Crippen LogP contribution in [0.1, 0.15) is 96.2 Å². The number of hydrogen-bond donors (Lipinski definition) is 1. The van der Waals surface area contributed by atoms with E-state index in [0.717, 1.165) is 63.6 Å². The quantitative estimate of drug-likeness (QED) is 0.275. The van der Waals surface area contributed by atoms with E-state index in [1.54, 1.807) is 24.1 Å². The van der Waals surface area contributed by atoms with Crippen molar-refractivity contribution in [1.29, 1.82) is 0 Å². The van der Waals surface area contributed by atoms with Crippen molar-refractivity contribution in [2.24, 2.45) is 22.1 Å². The number of amides is 2. The Morgan fingerprint density at radius 2 is 1.94 bits per heavy atom. The highest BCUT2D eigenvalue weighted by molar-refractivity contribution is 7.92. The van der Waals surface area contributed by atoms with Gasteiger partial charge in [0.1, 0.15) is 15.7 Å². The number of methoxy groups -OCH3 is 1. The van der Waals surface area contributed by atoms with Crippen molar-refractivity contribution >= 4 is 39.0 Å². The van der Waals surface area contributed by atoms with Crippen LogP contribution in [0.5, 0.6) is 5.75 Å². The number of fused-ring (bicyclic) bond motifs is 3. The van der Waals surface area contributed by atoms with Gasteiger partial charge in [-0.3, -0.25) is 19.0 Å². The molecule has 0 spiro atoms. The lowest BCUT2D eigenvalue weighted by Gasteiger charge is -2.43. The van der Waals surface area contributed by atoms with Crippen molar-refractivity contribution in [3.05, 3.63) is 88.2 Å². The topological polar surface area (TPSA) is 115 Å². The number of carbonyl (C=O) groups excluding carboxylic acids is 2. The smallest absolute Gasteiger partial charge is 0.286 e. The van der Waals surface area contributed by atoms with Gasteiger partial charge in [0.05, 0.1) is 42.0 Å². The summed E-state index contributed by atoms with van der Waals surface area (Å²) in [6, 6.07) is 11.7. The molecule has 0 saturated heterocycles. The van der Waals surface area contributed by atoms with E-state index in [9.17, 15) is 13.8 Å². The molecule has 51 heavy (non-hydrogen) atoms. The lowest BCUT2D eigenvalue weighted by atomic mass is 9.70. The van der Waals surface area contributed by atoms with E-state index >= 15 is 0 Å². The molecule has 2 aliphatic carbocycles. The molecule has 3 aromatic rings. The van der Waals surface area contributed by atoms with Crippen molar-refractivity contribution in [3.8, 4) is 5.75 Å². The summed E-state index contributed by atoms with van der Waals surface area (Å²) in [6.45, 7) is 3.84. The summed E-state index contributed by atoms with van der Waals surface area (Å²) in [5.41, 5.74) is 3.76. The number of nitrogens with one attached hydrogen (secondary N) is 1. The Bertz CT molecular complexity index is 1910. The molecule has 2 fully saturated rings. The molecule has 5 atom stereocenters. The molecule has 12 heteroatoms. The third-order valence-electron chi connectivity index (χ3n) is 11.0. The van der Waals surface area contributed by atoms with E-state index < -0.39 is 21.7 Å². The summed E-state index contributed by atoms with van der Waals surface area (Å²) in [5.74, 6) is 0.0387. The predicted octanol–water partition coefficient (Wildman–Crippen LogP) is 7.57. The van der Waals surface area contributed by atoms with Crippen LogP contribution in [0, 0.1) is 17.8 Å². The van der Waals surface area contributed by atoms with E-state index in [-0.39, 0.29) is 29.4 Å². The van der Waals surface area contributed by atoms with Gasteiger partial charge in [-0.1, -0.05) is 36.7 Å². The predicted molar refractivity (Wildman–Crippen MR) is 200 cm³/mol. The van der Waals surface area contributed by atoms with Gasteiger partial charge in [-0.2, -0.15) is 5.10 Å². The number of allylic oxidation sites excluding steroid dienone is 1. The van der Waals surface area contributed by atoms with E-state index in [0.29, 0.717) is 47.7 Å². The molecule has 272 valence electrons. The Kier molecular flexibility index (Phi) is 10.9. The molecule has 0 radical (unpaired) electrons. The highest BCUT2D eigenvalue weighted by Crippen LogP contribution is 2.42. The molecule has 10 nitrogen and oxygen atoms in total. The molecule has 1 aromatic heterocycles. The number of rotatable bonds is 4. The van der Waals surface area contributed by atoms with E-state index in [4.69, 9.17) is 21.1 Å². The Hall–Kier alpha value is -3.67. The molecule has 2 bridgehead atoms. The average Bonchev–Trinajstić information content (AvgIpc) is 3.53. The van der Waals surface area contributed by atoms with Crippen molar-refractivity contribution in [3.63, 3.8) is 0 Å². The summed E-state index contributed by atoms with van der Waals surface area (Å²) in [4.78, 5) is 29.8. The summed E-state index contributed by atoms with van der Waals surface area (Å²) in [7, 11) is -1.77. The standard InChI is InChI=1S/C39H48ClN5O5S/c1-26-7-5-11-36(49-2)34-16-13-30(34)23-44-22-29-12-15-32(40)19-27(29)8-3-4-18-50-37-17-14-28(20-35(37)44)38(46)42-51(48,25-26)43-39(47)31-21-41-45(24-31)33-9-6-10-33/h5,11-12,14-15,17,19-21,24,26,30,33-34,36H,3-4,6-10,13,16,18,22-23,25H2,1-2H3,(H,42,43,46,47,48)/b11-5+/t26-,30-,34+,36-,51?/m0/s1. The number of aromatic nitrogens is 2. The van der Waals surface area contributed by atoms with Gasteiger partial charge in [0.25, 0.3) is 11.8 Å². The van der Waals surface area contributed by atoms with Gasteiger partial charge < -0.3 is 14.4 Å². The Balaban J connectivity index is 1.29. The van der Waals surface area contributed by atoms with Crippen LogP contribution >= 0.6 is 11.6 Å². The van der Waals surface area contributed by atoms with Gasteiger partial charge in [-0.05, 0) is 117 Å². The molecule has 2 amide bonds. The average molecular weight is 734 g/mol. The fourth-order valence-electron chi connectivity index (χ4n) is 7.68. The number of aryl methyl sites for hydroxylation is 1. The van der Waals surface area contributed by atoms with Crippen LogP contribution in [-0.4, -0.2) is 57.9 Å². The van der Waals surface area contributed by atoms with Crippen molar-refractivity contribution in [1.82, 2.24) is 14.5 Å². The van der Waals surface area contributed by atoms with Crippen LogP contribution in [0.25, 0.3) is 0 Å². The first-order chi connectivity index (χ1) is 24.7. The molecule has 1 unspecified atom stereocenters. The number of halogens is 1. The zero-order valence-corrected chi connectivity index (χ0v) is 31.0. The fourth-order valence-corrected chi connectivity index (χ4v) is 9.77. The SMILES string of the molecule is CO[C@H]1/C=C/C[C@H](C)CS(=O)(NC(=O)c2cnn(C3CCC3)c2)=NC(=O)c2ccc3c(c2)N(Cc2ccc(Cl)cc2CCCCO3)C[C@@H]2CC[C@H]21. The van der Waals surface area contributed by atoms with Gasteiger partial charge >= 0.3 is 0 Å². The number of anilines is 1. The zero-order valence-electron chi connectivity index (χ0n) is 29.5. The third kappa shape index (κ3) is 8.21. The number of ether oxygens (including phenoxy) is 2. The molecule has 7 rings (SSSR count). The number of nitrogens with zero attached hydrogens (tertiary/aromatic N) is 4. The van der Waals surface area contributed by atoms with Gasteiger partial charge in [0, 0.05) is 37.0 Å². The maximum Gasteiger partial charge on any atom is 0.286 e. The second-order valence-electron chi connectivity index (χ2n) is 14.7. The monoisotopic (exact) mass is 733 g/mol. The molecule has 3 heterocycles. The molecule has 2 aromatic carbocycles. The van der Waals surface area contributed by atoms with Crippen LogP contribution in [0.15, 0.2) is 65.3 Å². The molecular formula is C39H48ClN5O5S. The van der Waals surface area contributed by atoms with Crippen molar-refractivity contribution < 1.29 is 23.3 Å².